The summed E-state index contributed by atoms with van der Waals surface area (Å²) in [7, 11) is 1.49. The molecule has 5 heteroatoms. The average Bonchev–Trinajstić information content (AvgIpc) is 2.18. The van der Waals surface area contributed by atoms with E-state index < -0.39 is 6.04 Å². The number of hydrogen-bond acceptors (Lipinski definition) is 4. The highest BCUT2D eigenvalue weighted by atomic mass is 16.5. The summed E-state index contributed by atoms with van der Waals surface area (Å²) < 4.78 is 4.96. The number of nitrogens with two attached hydrogens (primary N) is 1. The molecule has 76 valence electrons. The van der Waals surface area contributed by atoms with Gasteiger partial charge in [0.2, 0.25) is 11.8 Å². The van der Waals surface area contributed by atoms with Gasteiger partial charge in [-0.25, -0.2) is 4.98 Å². The lowest BCUT2D eigenvalue weighted by Crippen LogP contribution is -2.32. The minimum Gasteiger partial charge on any atom is -0.480 e. The smallest absolute Gasteiger partial charge is 0.241 e. The summed E-state index contributed by atoms with van der Waals surface area (Å²) in [4.78, 5) is 15.2. The van der Waals surface area contributed by atoms with Crippen LogP contribution < -0.4 is 15.8 Å². The molecular weight excluding hydrogens is 182 g/mol. The van der Waals surface area contributed by atoms with Crippen molar-refractivity contribution in [3.63, 3.8) is 0 Å². The van der Waals surface area contributed by atoms with Gasteiger partial charge in [-0.2, -0.15) is 0 Å². The number of nitrogens with one attached hydrogen (secondary N) is 1. The molecule has 14 heavy (non-hydrogen) atoms. The first kappa shape index (κ1) is 10.5. The number of ether oxygens (including phenoxy) is 1. The maximum Gasteiger partial charge on any atom is 0.241 e. The third kappa shape index (κ3) is 2.43. The first-order valence-corrected chi connectivity index (χ1v) is 4.20. The summed E-state index contributed by atoms with van der Waals surface area (Å²) in [5.74, 6) is 0.109. The summed E-state index contributed by atoms with van der Waals surface area (Å²) in [6, 6.07) is 2.85. The topological polar surface area (TPSA) is 77.2 Å². The van der Waals surface area contributed by atoms with Gasteiger partial charge in [-0.05, 0) is 19.1 Å². The van der Waals surface area contributed by atoms with Crippen LogP contribution in [-0.2, 0) is 4.79 Å². The van der Waals surface area contributed by atoms with Crippen LogP contribution in [-0.4, -0.2) is 24.0 Å². The molecule has 0 bridgehead atoms. The van der Waals surface area contributed by atoms with Crippen molar-refractivity contribution >= 4 is 11.6 Å². The highest BCUT2D eigenvalue weighted by Gasteiger charge is 2.10. The maximum absolute atomic E-state index is 11.3. The Morgan fingerprint density at radius 2 is 2.43 bits per heavy atom. The Hall–Kier alpha value is -1.62. The normalized spacial score (nSPS) is 11.9. The molecule has 5 nitrogen and oxygen atoms in total. The lowest BCUT2D eigenvalue weighted by molar-refractivity contribution is -0.117. The minimum absolute atomic E-state index is 0.267. The van der Waals surface area contributed by atoms with Crippen molar-refractivity contribution < 1.29 is 9.53 Å². The zero-order valence-electron chi connectivity index (χ0n) is 8.15. The Morgan fingerprint density at radius 1 is 1.71 bits per heavy atom. The molecule has 1 aromatic rings. The van der Waals surface area contributed by atoms with Crippen molar-refractivity contribution in [2.24, 2.45) is 5.73 Å². The van der Waals surface area contributed by atoms with Gasteiger partial charge in [0, 0.05) is 6.20 Å². The SMILES string of the molecule is COc1ncccc1NC(=O)[C@H](C)N. The molecule has 1 aromatic heterocycles. The predicted octanol–water partition coefficient (Wildman–Crippen LogP) is 0.376. The highest BCUT2D eigenvalue weighted by Crippen LogP contribution is 2.19. The van der Waals surface area contributed by atoms with E-state index in [-0.39, 0.29) is 5.91 Å². The number of carbonyl (C=O) groups is 1. The summed E-state index contributed by atoms with van der Waals surface area (Å²) in [6.45, 7) is 1.61. The highest BCUT2D eigenvalue weighted by molar-refractivity contribution is 5.95. The minimum atomic E-state index is -0.556. The fraction of sp³-hybridized carbons (Fsp3) is 0.333. The number of amides is 1. The van der Waals surface area contributed by atoms with Crippen molar-refractivity contribution in [3.8, 4) is 5.88 Å². The zero-order valence-corrected chi connectivity index (χ0v) is 8.15. The van der Waals surface area contributed by atoms with Crippen molar-refractivity contribution in [3.05, 3.63) is 18.3 Å². The Kier molecular flexibility index (Phi) is 3.41. The number of hydrogen-bond donors (Lipinski definition) is 2. The molecule has 1 atom stereocenters. The Morgan fingerprint density at radius 3 is 3.00 bits per heavy atom. The first-order valence-electron chi connectivity index (χ1n) is 4.20. The molecule has 0 unspecified atom stereocenters. The van der Waals surface area contributed by atoms with Crippen LogP contribution in [0, 0.1) is 0 Å². The molecule has 0 spiro atoms. The van der Waals surface area contributed by atoms with E-state index in [1.54, 1.807) is 25.3 Å². The van der Waals surface area contributed by atoms with E-state index in [0.717, 1.165) is 0 Å². The van der Waals surface area contributed by atoms with Gasteiger partial charge in [0.05, 0.1) is 13.2 Å². The lowest BCUT2D eigenvalue weighted by atomic mass is 10.3. The van der Waals surface area contributed by atoms with Gasteiger partial charge in [-0.15, -0.1) is 0 Å². The molecule has 0 aromatic carbocycles. The number of carbonyl (C=O) groups excluding carboxylic acids is 1. The molecule has 0 saturated carbocycles. The fourth-order valence-corrected chi connectivity index (χ4v) is 0.895. The molecular formula is C9H13N3O2. The van der Waals surface area contributed by atoms with E-state index in [4.69, 9.17) is 10.5 Å². The average molecular weight is 195 g/mol. The third-order valence-corrected chi connectivity index (χ3v) is 1.64. The molecule has 1 rings (SSSR count). The molecule has 0 aliphatic carbocycles. The van der Waals surface area contributed by atoms with Crippen LogP contribution in [0.3, 0.4) is 0 Å². The largest absolute Gasteiger partial charge is 0.480 e. The van der Waals surface area contributed by atoms with Gasteiger partial charge in [0.1, 0.15) is 5.69 Å². The number of nitrogens with zero attached hydrogens (tertiary/aromatic N) is 1. The Bertz CT molecular complexity index is 326. The molecule has 0 fully saturated rings. The molecule has 0 aliphatic heterocycles. The van der Waals surface area contributed by atoms with Gasteiger partial charge >= 0.3 is 0 Å². The second-order valence-electron chi connectivity index (χ2n) is 2.84. The van der Waals surface area contributed by atoms with Crippen molar-refractivity contribution in [2.45, 2.75) is 13.0 Å². The molecule has 0 radical (unpaired) electrons. The van der Waals surface area contributed by atoms with Gasteiger partial charge in [0.25, 0.3) is 0 Å². The van der Waals surface area contributed by atoms with Gasteiger partial charge in [-0.3, -0.25) is 4.79 Å². The number of pyridine rings is 1. The van der Waals surface area contributed by atoms with E-state index in [9.17, 15) is 4.79 Å². The maximum atomic E-state index is 11.3. The van der Waals surface area contributed by atoms with Crippen LogP contribution in [0.25, 0.3) is 0 Å². The van der Waals surface area contributed by atoms with Crippen LogP contribution in [0.15, 0.2) is 18.3 Å². The van der Waals surface area contributed by atoms with Crippen molar-refractivity contribution in [1.29, 1.82) is 0 Å². The quantitative estimate of drug-likeness (QED) is 0.730. The number of aromatic nitrogens is 1. The summed E-state index contributed by atoms with van der Waals surface area (Å²) >= 11 is 0. The molecule has 3 N–H and O–H groups in total. The standard InChI is InChI=1S/C9H13N3O2/c1-6(10)8(13)12-7-4-3-5-11-9(7)14-2/h3-6H,10H2,1-2H3,(H,12,13)/t6-/m0/s1. The third-order valence-electron chi connectivity index (χ3n) is 1.64. The fourth-order valence-electron chi connectivity index (χ4n) is 0.895. The van der Waals surface area contributed by atoms with Crippen LogP contribution in [0.1, 0.15) is 6.92 Å². The summed E-state index contributed by atoms with van der Waals surface area (Å²) in [5, 5.41) is 2.61. The first-order chi connectivity index (χ1) is 6.65. The van der Waals surface area contributed by atoms with Gasteiger partial charge < -0.3 is 15.8 Å². The zero-order chi connectivity index (χ0) is 10.6. The molecule has 0 aliphatic rings. The Balaban J connectivity index is 2.80. The number of anilines is 1. The van der Waals surface area contributed by atoms with E-state index in [1.807, 2.05) is 0 Å². The molecule has 1 amide bonds. The van der Waals surface area contributed by atoms with E-state index >= 15 is 0 Å². The van der Waals surface area contributed by atoms with E-state index in [2.05, 4.69) is 10.3 Å². The lowest BCUT2D eigenvalue weighted by Gasteiger charge is -2.09. The summed E-state index contributed by atoms with van der Waals surface area (Å²) in [5.41, 5.74) is 5.93. The van der Waals surface area contributed by atoms with Crippen molar-refractivity contribution in [2.75, 3.05) is 12.4 Å². The van der Waals surface area contributed by atoms with Crippen LogP contribution in [0.4, 0.5) is 5.69 Å². The van der Waals surface area contributed by atoms with Crippen LogP contribution in [0.5, 0.6) is 5.88 Å². The van der Waals surface area contributed by atoms with Crippen molar-refractivity contribution in [1.82, 2.24) is 4.98 Å². The molecule has 1 heterocycles. The van der Waals surface area contributed by atoms with Gasteiger partial charge in [0.15, 0.2) is 0 Å². The number of methoxy groups -OCH3 is 1. The van der Waals surface area contributed by atoms with Crippen LogP contribution in [0.2, 0.25) is 0 Å². The van der Waals surface area contributed by atoms with E-state index in [0.29, 0.717) is 11.6 Å². The van der Waals surface area contributed by atoms with Gasteiger partial charge in [-0.1, -0.05) is 0 Å². The predicted molar refractivity (Wildman–Crippen MR) is 53.1 cm³/mol. The van der Waals surface area contributed by atoms with E-state index in [1.165, 1.54) is 7.11 Å². The summed E-state index contributed by atoms with van der Waals surface area (Å²) in [6.07, 6.45) is 1.58. The molecule has 0 saturated heterocycles. The monoisotopic (exact) mass is 195 g/mol. The van der Waals surface area contributed by atoms with Crippen LogP contribution >= 0.6 is 0 Å². The second kappa shape index (κ2) is 4.57. The Labute approximate surface area is 82.3 Å². The second-order valence-corrected chi connectivity index (χ2v) is 2.84. The number of rotatable bonds is 3.